The first-order chi connectivity index (χ1) is 7.16. The summed E-state index contributed by atoms with van der Waals surface area (Å²) in [5, 5.41) is 9.41. The van der Waals surface area contributed by atoms with Gasteiger partial charge < -0.3 is 15.7 Å². The molecule has 0 aromatic carbocycles. The quantitative estimate of drug-likeness (QED) is 0.748. The Morgan fingerprint density at radius 3 is 2.87 bits per heavy atom. The Balaban J connectivity index is 2.10. The van der Waals surface area contributed by atoms with Gasteiger partial charge in [0.2, 0.25) is 0 Å². The molecule has 3 N–H and O–H groups in total. The summed E-state index contributed by atoms with van der Waals surface area (Å²) < 4.78 is 0. The number of rotatable bonds is 2. The van der Waals surface area contributed by atoms with Crippen LogP contribution < -0.4 is 10.6 Å². The molecule has 0 aliphatic carbocycles. The van der Waals surface area contributed by atoms with Crippen molar-refractivity contribution in [2.75, 3.05) is 18.0 Å². The maximum absolute atomic E-state index is 9.41. The standard InChI is InChI=1S/C11H17N3O/c1-8(12)9-2-3-11(13-6-9)14-5-4-10(15)7-14/h2-3,6,8,10,15H,4-5,7,12H2,1H3. The van der Waals surface area contributed by atoms with Crippen molar-refractivity contribution >= 4 is 5.82 Å². The van der Waals surface area contributed by atoms with Gasteiger partial charge in [0.05, 0.1) is 6.10 Å². The molecule has 82 valence electrons. The third-order valence-corrected chi connectivity index (χ3v) is 2.78. The molecule has 1 fully saturated rings. The van der Waals surface area contributed by atoms with Crippen molar-refractivity contribution in [3.8, 4) is 0 Å². The number of pyridine rings is 1. The predicted octanol–water partition coefficient (Wildman–Crippen LogP) is 0.672. The first-order valence-corrected chi connectivity index (χ1v) is 5.31. The lowest BCUT2D eigenvalue weighted by atomic mass is 10.1. The van der Waals surface area contributed by atoms with Crippen LogP contribution in [0.3, 0.4) is 0 Å². The highest BCUT2D eigenvalue weighted by atomic mass is 16.3. The summed E-state index contributed by atoms with van der Waals surface area (Å²) in [4.78, 5) is 6.44. The molecule has 15 heavy (non-hydrogen) atoms. The SMILES string of the molecule is CC(N)c1ccc(N2CCC(O)C2)nc1. The molecule has 2 heterocycles. The van der Waals surface area contributed by atoms with Crippen molar-refractivity contribution in [2.24, 2.45) is 5.73 Å². The molecule has 2 atom stereocenters. The zero-order valence-corrected chi connectivity index (χ0v) is 8.93. The first-order valence-electron chi connectivity index (χ1n) is 5.31. The lowest BCUT2D eigenvalue weighted by molar-refractivity contribution is 0.198. The number of hydrogen-bond donors (Lipinski definition) is 2. The largest absolute Gasteiger partial charge is 0.391 e. The molecule has 4 nitrogen and oxygen atoms in total. The summed E-state index contributed by atoms with van der Waals surface area (Å²) in [5.41, 5.74) is 6.79. The van der Waals surface area contributed by atoms with Crippen molar-refractivity contribution in [2.45, 2.75) is 25.5 Å². The number of anilines is 1. The number of aliphatic hydroxyl groups is 1. The van der Waals surface area contributed by atoms with E-state index in [1.165, 1.54) is 0 Å². The summed E-state index contributed by atoms with van der Waals surface area (Å²) in [6.07, 6.45) is 2.43. The number of hydrogen-bond acceptors (Lipinski definition) is 4. The molecule has 2 rings (SSSR count). The molecule has 0 saturated carbocycles. The van der Waals surface area contributed by atoms with Crippen LogP contribution in [0, 0.1) is 0 Å². The third kappa shape index (κ3) is 2.27. The fourth-order valence-electron chi connectivity index (χ4n) is 1.80. The monoisotopic (exact) mass is 207 g/mol. The fourth-order valence-corrected chi connectivity index (χ4v) is 1.80. The second-order valence-corrected chi connectivity index (χ2v) is 4.13. The summed E-state index contributed by atoms with van der Waals surface area (Å²) >= 11 is 0. The molecule has 1 aliphatic heterocycles. The molecule has 0 spiro atoms. The van der Waals surface area contributed by atoms with Gasteiger partial charge in [-0.25, -0.2) is 4.98 Å². The second-order valence-electron chi connectivity index (χ2n) is 4.13. The third-order valence-electron chi connectivity index (χ3n) is 2.78. The summed E-state index contributed by atoms with van der Waals surface area (Å²) in [5.74, 6) is 0.927. The summed E-state index contributed by atoms with van der Waals surface area (Å²) in [6.45, 7) is 3.51. The Labute approximate surface area is 89.7 Å². The number of nitrogens with zero attached hydrogens (tertiary/aromatic N) is 2. The topological polar surface area (TPSA) is 62.4 Å². The van der Waals surface area contributed by atoms with Gasteiger partial charge >= 0.3 is 0 Å². The molecule has 1 aromatic heterocycles. The normalized spacial score (nSPS) is 23.1. The van der Waals surface area contributed by atoms with Crippen LogP contribution in [0.2, 0.25) is 0 Å². The van der Waals surface area contributed by atoms with Gasteiger partial charge in [-0.1, -0.05) is 6.07 Å². The molecule has 4 heteroatoms. The van der Waals surface area contributed by atoms with Crippen molar-refractivity contribution in [3.05, 3.63) is 23.9 Å². The molecule has 0 amide bonds. The average molecular weight is 207 g/mol. The van der Waals surface area contributed by atoms with Gasteiger partial charge in [-0.05, 0) is 25.0 Å². The van der Waals surface area contributed by atoms with Crippen molar-refractivity contribution in [3.63, 3.8) is 0 Å². The van der Waals surface area contributed by atoms with Crippen molar-refractivity contribution < 1.29 is 5.11 Å². The molecular weight excluding hydrogens is 190 g/mol. The van der Waals surface area contributed by atoms with E-state index in [2.05, 4.69) is 9.88 Å². The highest BCUT2D eigenvalue weighted by Gasteiger charge is 2.20. The van der Waals surface area contributed by atoms with E-state index in [0.29, 0.717) is 6.54 Å². The Bertz CT molecular complexity index is 323. The Hall–Kier alpha value is -1.13. The van der Waals surface area contributed by atoms with Gasteiger partial charge in [-0.15, -0.1) is 0 Å². The van der Waals surface area contributed by atoms with Crippen LogP contribution in [0.1, 0.15) is 24.9 Å². The lowest BCUT2D eigenvalue weighted by Crippen LogP contribution is -2.22. The fraction of sp³-hybridized carbons (Fsp3) is 0.545. The molecule has 0 radical (unpaired) electrons. The van der Waals surface area contributed by atoms with Crippen LogP contribution in [0.15, 0.2) is 18.3 Å². The smallest absolute Gasteiger partial charge is 0.128 e. The number of nitrogens with two attached hydrogens (primary N) is 1. The predicted molar refractivity (Wildman–Crippen MR) is 59.7 cm³/mol. The summed E-state index contributed by atoms with van der Waals surface area (Å²) in [6, 6.07) is 3.99. The lowest BCUT2D eigenvalue weighted by Gasteiger charge is -2.17. The highest BCUT2D eigenvalue weighted by Crippen LogP contribution is 2.19. The van der Waals surface area contributed by atoms with Crippen molar-refractivity contribution in [1.29, 1.82) is 0 Å². The molecule has 1 aliphatic rings. The maximum Gasteiger partial charge on any atom is 0.128 e. The van der Waals surface area contributed by atoms with E-state index >= 15 is 0 Å². The molecule has 1 saturated heterocycles. The van der Waals surface area contributed by atoms with E-state index < -0.39 is 0 Å². The van der Waals surface area contributed by atoms with Crippen molar-refractivity contribution in [1.82, 2.24) is 4.98 Å². The maximum atomic E-state index is 9.41. The van der Waals surface area contributed by atoms with Gasteiger partial charge in [-0.3, -0.25) is 0 Å². The molecule has 1 aromatic rings. The van der Waals surface area contributed by atoms with E-state index in [-0.39, 0.29) is 12.1 Å². The van der Waals surface area contributed by atoms with Crippen LogP contribution in [-0.2, 0) is 0 Å². The zero-order chi connectivity index (χ0) is 10.8. The van der Waals surface area contributed by atoms with Gasteiger partial charge in [-0.2, -0.15) is 0 Å². The highest BCUT2D eigenvalue weighted by molar-refractivity contribution is 5.41. The van der Waals surface area contributed by atoms with E-state index in [4.69, 9.17) is 5.73 Å². The minimum Gasteiger partial charge on any atom is -0.391 e. The Morgan fingerprint density at radius 1 is 1.60 bits per heavy atom. The number of aliphatic hydroxyl groups excluding tert-OH is 1. The van der Waals surface area contributed by atoms with Gasteiger partial charge in [0.1, 0.15) is 5.82 Å². The van der Waals surface area contributed by atoms with E-state index in [1.807, 2.05) is 25.3 Å². The Morgan fingerprint density at radius 2 is 2.40 bits per heavy atom. The van der Waals surface area contributed by atoms with Crippen LogP contribution in [-0.4, -0.2) is 29.3 Å². The van der Waals surface area contributed by atoms with Crippen LogP contribution >= 0.6 is 0 Å². The van der Waals surface area contributed by atoms with Crippen LogP contribution in [0.4, 0.5) is 5.82 Å². The van der Waals surface area contributed by atoms with E-state index in [1.54, 1.807) is 0 Å². The number of β-amino-alcohol motifs (C(OH)–C–C–N with tert-alkyl or cyclic N) is 1. The Kier molecular flexibility index (Phi) is 2.88. The minimum absolute atomic E-state index is 0.0238. The first kappa shape index (κ1) is 10.4. The van der Waals surface area contributed by atoms with Gasteiger partial charge in [0.15, 0.2) is 0 Å². The number of aromatic nitrogens is 1. The van der Waals surface area contributed by atoms with Gasteiger partial charge in [0, 0.05) is 25.3 Å². The molecule has 2 unspecified atom stereocenters. The zero-order valence-electron chi connectivity index (χ0n) is 8.93. The van der Waals surface area contributed by atoms with Gasteiger partial charge in [0.25, 0.3) is 0 Å². The average Bonchev–Trinajstić information content (AvgIpc) is 2.65. The van der Waals surface area contributed by atoms with Crippen LogP contribution in [0.5, 0.6) is 0 Å². The molecule has 0 bridgehead atoms. The molecular formula is C11H17N3O. The van der Waals surface area contributed by atoms with E-state index in [0.717, 1.165) is 24.3 Å². The minimum atomic E-state index is -0.208. The summed E-state index contributed by atoms with van der Waals surface area (Å²) in [7, 11) is 0. The van der Waals surface area contributed by atoms with E-state index in [9.17, 15) is 5.11 Å². The van der Waals surface area contributed by atoms with Crippen LogP contribution in [0.25, 0.3) is 0 Å². The second kappa shape index (κ2) is 4.16.